The van der Waals surface area contributed by atoms with Gasteiger partial charge in [-0.1, -0.05) is 6.92 Å². The van der Waals surface area contributed by atoms with Crippen molar-refractivity contribution in [3.63, 3.8) is 0 Å². The van der Waals surface area contributed by atoms with Crippen molar-refractivity contribution in [1.82, 2.24) is 15.1 Å². The van der Waals surface area contributed by atoms with E-state index in [4.69, 9.17) is 9.47 Å². The molecule has 0 saturated carbocycles. The van der Waals surface area contributed by atoms with E-state index < -0.39 is 0 Å². The zero-order valence-corrected chi connectivity index (χ0v) is 14.6. The normalized spacial score (nSPS) is 22.7. The molecule has 0 radical (unpaired) electrons. The number of benzene rings is 1. The molecule has 0 spiro atoms. The van der Waals surface area contributed by atoms with Crippen LogP contribution in [0.1, 0.15) is 30.5 Å². The van der Waals surface area contributed by atoms with Crippen LogP contribution >= 0.6 is 0 Å². The second-order valence-electron chi connectivity index (χ2n) is 6.43. The summed E-state index contributed by atoms with van der Waals surface area (Å²) in [6.45, 7) is 9.93. The maximum absolute atomic E-state index is 5.69. The van der Waals surface area contributed by atoms with Crippen LogP contribution in [0.15, 0.2) is 12.1 Å². The molecule has 23 heavy (non-hydrogen) atoms. The van der Waals surface area contributed by atoms with Gasteiger partial charge in [-0.05, 0) is 24.6 Å². The molecule has 2 aliphatic heterocycles. The van der Waals surface area contributed by atoms with Crippen LogP contribution in [0.2, 0.25) is 0 Å². The monoisotopic (exact) mass is 319 g/mol. The van der Waals surface area contributed by atoms with Gasteiger partial charge in [-0.3, -0.25) is 4.90 Å². The molecule has 0 bridgehead atoms. The minimum absolute atomic E-state index is 0.392. The zero-order valence-electron chi connectivity index (χ0n) is 14.6. The van der Waals surface area contributed by atoms with Crippen LogP contribution in [0.25, 0.3) is 0 Å². The van der Waals surface area contributed by atoms with Gasteiger partial charge in [0.2, 0.25) is 0 Å². The minimum Gasteiger partial charge on any atom is -0.497 e. The second kappa shape index (κ2) is 7.51. The molecule has 0 amide bonds. The van der Waals surface area contributed by atoms with E-state index in [9.17, 15) is 0 Å². The topological polar surface area (TPSA) is 37.0 Å². The van der Waals surface area contributed by atoms with Gasteiger partial charge in [-0.2, -0.15) is 0 Å². The number of piperazine rings is 1. The van der Waals surface area contributed by atoms with Crippen molar-refractivity contribution in [2.24, 2.45) is 0 Å². The maximum atomic E-state index is 5.69. The molecule has 1 aromatic rings. The van der Waals surface area contributed by atoms with Crippen LogP contribution in [-0.4, -0.2) is 63.3 Å². The zero-order chi connectivity index (χ0) is 16.2. The number of ether oxygens (including phenoxy) is 2. The Balaban J connectivity index is 1.81. The standard InChI is InChI=1S/C18H29N3O2/c1-4-5-20-6-8-21(9-7-20)16-13-19-12-14-10-15(22-2)11-17(23-3)18(14)16/h10-11,16,19H,4-9,12-13H2,1-3H3/t16-/m1/s1. The summed E-state index contributed by atoms with van der Waals surface area (Å²) >= 11 is 0. The Labute approximate surface area is 139 Å². The van der Waals surface area contributed by atoms with E-state index in [1.54, 1.807) is 14.2 Å². The average Bonchev–Trinajstić information content (AvgIpc) is 2.61. The van der Waals surface area contributed by atoms with Crippen LogP contribution in [0.5, 0.6) is 11.5 Å². The quantitative estimate of drug-likeness (QED) is 0.897. The molecule has 3 rings (SSSR count). The fourth-order valence-electron chi connectivity index (χ4n) is 3.84. The van der Waals surface area contributed by atoms with Gasteiger partial charge >= 0.3 is 0 Å². The molecule has 1 fully saturated rings. The smallest absolute Gasteiger partial charge is 0.127 e. The van der Waals surface area contributed by atoms with Gasteiger partial charge in [-0.25, -0.2) is 0 Å². The van der Waals surface area contributed by atoms with E-state index in [1.165, 1.54) is 24.1 Å². The van der Waals surface area contributed by atoms with Crippen LogP contribution in [0, 0.1) is 0 Å². The van der Waals surface area contributed by atoms with E-state index in [1.807, 2.05) is 6.07 Å². The van der Waals surface area contributed by atoms with Crippen molar-refractivity contribution in [1.29, 1.82) is 0 Å². The molecule has 1 saturated heterocycles. The van der Waals surface area contributed by atoms with Gasteiger partial charge in [-0.15, -0.1) is 0 Å². The third-order valence-corrected chi connectivity index (χ3v) is 5.03. The minimum atomic E-state index is 0.392. The molecule has 2 aliphatic rings. The lowest BCUT2D eigenvalue weighted by Crippen LogP contribution is -2.50. The molecular weight excluding hydrogens is 290 g/mol. The predicted molar refractivity (Wildman–Crippen MR) is 92.3 cm³/mol. The lowest BCUT2D eigenvalue weighted by Gasteiger charge is -2.42. The third-order valence-electron chi connectivity index (χ3n) is 5.03. The second-order valence-corrected chi connectivity index (χ2v) is 6.43. The van der Waals surface area contributed by atoms with Crippen molar-refractivity contribution in [3.8, 4) is 11.5 Å². The summed E-state index contributed by atoms with van der Waals surface area (Å²) in [5.74, 6) is 1.83. The van der Waals surface area contributed by atoms with Crippen LogP contribution < -0.4 is 14.8 Å². The highest BCUT2D eigenvalue weighted by molar-refractivity contribution is 5.49. The van der Waals surface area contributed by atoms with Gasteiger partial charge in [0.1, 0.15) is 11.5 Å². The average molecular weight is 319 g/mol. The SMILES string of the molecule is CCCN1CCN([C@@H]2CNCc3cc(OC)cc(OC)c32)CC1. The molecule has 1 atom stereocenters. The Bertz CT molecular complexity index is 510. The van der Waals surface area contributed by atoms with E-state index in [0.717, 1.165) is 50.8 Å². The van der Waals surface area contributed by atoms with Gasteiger partial charge in [0.25, 0.3) is 0 Å². The number of hydrogen-bond donors (Lipinski definition) is 1. The van der Waals surface area contributed by atoms with Crippen LogP contribution in [0.4, 0.5) is 0 Å². The molecule has 5 nitrogen and oxygen atoms in total. The highest BCUT2D eigenvalue weighted by atomic mass is 16.5. The highest BCUT2D eigenvalue weighted by Crippen LogP contribution is 2.38. The number of rotatable bonds is 5. The van der Waals surface area contributed by atoms with E-state index >= 15 is 0 Å². The van der Waals surface area contributed by atoms with Gasteiger partial charge in [0.15, 0.2) is 0 Å². The number of hydrogen-bond acceptors (Lipinski definition) is 5. The fourth-order valence-corrected chi connectivity index (χ4v) is 3.84. The summed E-state index contributed by atoms with van der Waals surface area (Å²) in [5.41, 5.74) is 2.64. The number of nitrogens with zero attached hydrogens (tertiary/aromatic N) is 2. The molecule has 2 heterocycles. The Kier molecular flexibility index (Phi) is 5.41. The Morgan fingerprint density at radius 3 is 2.57 bits per heavy atom. The van der Waals surface area contributed by atoms with Crippen LogP contribution in [-0.2, 0) is 6.54 Å². The number of fused-ring (bicyclic) bond motifs is 1. The summed E-state index contributed by atoms with van der Waals surface area (Å²) in [5, 5.41) is 3.56. The summed E-state index contributed by atoms with van der Waals surface area (Å²) < 4.78 is 11.1. The van der Waals surface area contributed by atoms with Crippen molar-refractivity contribution in [3.05, 3.63) is 23.3 Å². The molecule has 0 aliphatic carbocycles. The molecule has 1 N–H and O–H groups in total. The molecular formula is C18H29N3O2. The lowest BCUT2D eigenvalue weighted by atomic mass is 9.93. The summed E-state index contributed by atoms with van der Waals surface area (Å²) in [4.78, 5) is 5.17. The van der Waals surface area contributed by atoms with Gasteiger partial charge in [0, 0.05) is 50.9 Å². The predicted octanol–water partition coefficient (Wildman–Crippen LogP) is 1.88. The van der Waals surface area contributed by atoms with E-state index in [0.29, 0.717) is 6.04 Å². The molecule has 1 aromatic carbocycles. The first-order valence-electron chi connectivity index (χ1n) is 8.68. The summed E-state index contributed by atoms with van der Waals surface area (Å²) in [6.07, 6.45) is 1.24. The summed E-state index contributed by atoms with van der Waals surface area (Å²) in [6, 6.07) is 4.55. The molecule has 5 heteroatoms. The highest BCUT2D eigenvalue weighted by Gasteiger charge is 2.31. The maximum Gasteiger partial charge on any atom is 0.127 e. The molecule has 0 aromatic heterocycles. The molecule has 128 valence electrons. The molecule has 0 unspecified atom stereocenters. The first-order chi connectivity index (χ1) is 11.3. The van der Waals surface area contributed by atoms with Crippen LogP contribution in [0.3, 0.4) is 0 Å². The Hall–Kier alpha value is -1.30. The van der Waals surface area contributed by atoms with Crippen molar-refractivity contribution in [2.45, 2.75) is 25.9 Å². The van der Waals surface area contributed by atoms with Crippen molar-refractivity contribution >= 4 is 0 Å². The Morgan fingerprint density at radius 2 is 1.91 bits per heavy atom. The Morgan fingerprint density at radius 1 is 1.13 bits per heavy atom. The van der Waals surface area contributed by atoms with E-state index in [2.05, 4.69) is 28.1 Å². The fraction of sp³-hybridized carbons (Fsp3) is 0.667. The van der Waals surface area contributed by atoms with Crippen molar-refractivity contribution in [2.75, 3.05) is 53.5 Å². The summed E-state index contributed by atoms with van der Waals surface area (Å²) in [7, 11) is 3.47. The largest absolute Gasteiger partial charge is 0.497 e. The first-order valence-corrected chi connectivity index (χ1v) is 8.68. The lowest BCUT2D eigenvalue weighted by molar-refractivity contribution is 0.0905. The van der Waals surface area contributed by atoms with Gasteiger partial charge in [0.05, 0.1) is 20.3 Å². The van der Waals surface area contributed by atoms with Crippen molar-refractivity contribution < 1.29 is 9.47 Å². The first kappa shape index (κ1) is 16.6. The van der Waals surface area contributed by atoms with E-state index in [-0.39, 0.29) is 0 Å². The third kappa shape index (κ3) is 3.47. The number of nitrogens with one attached hydrogen (secondary N) is 1. The number of methoxy groups -OCH3 is 2. The van der Waals surface area contributed by atoms with Gasteiger partial charge < -0.3 is 19.7 Å².